The largest absolute Gasteiger partial charge is 0.508 e. The highest BCUT2D eigenvalue weighted by Crippen LogP contribution is 2.30. The summed E-state index contributed by atoms with van der Waals surface area (Å²) >= 11 is 0. The first-order chi connectivity index (χ1) is 15.8. The maximum absolute atomic E-state index is 13.1. The highest BCUT2D eigenvalue weighted by Gasteiger charge is 2.24. The summed E-state index contributed by atoms with van der Waals surface area (Å²) in [5.41, 5.74) is 1.99. The summed E-state index contributed by atoms with van der Waals surface area (Å²) in [5, 5.41) is 24.8. The van der Waals surface area contributed by atoms with Gasteiger partial charge >= 0.3 is 5.97 Å². The molecule has 1 aromatic carbocycles. The number of benzene rings is 1. The van der Waals surface area contributed by atoms with Gasteiger partial charge in [-0.25, -0.2) is 4.79 Å². The van der Waals surface area contributed by atoms with Gasteiger partial charge in [-0.1, -0.05) is 55.5 Å². The molecule has 1 aliphatic heterocycles. The number of ether oxygens (including phenoxy) is 1. The monoisotopic (exact) mass is 453 g/mol. The van der Waals surface area contributed by atoms with Crippen LogP contribution in [-0.2, 0) is 16.0 Å². The van der Waals surface area contributed by atoms with Gasteiger partial charge in [0.15, 0.2) is 0 Å². The number of cyclic esters (lactones) is 1. The minimum Gasteiger partial charge on any atom is -0.508 e. The number of rotatable bonds is 5. The Kier molecular flexibility index (Phi) is 10.5. The number of oxime groups is 1. The first kappa shape index (κ1) is 26.0. The van der Waals surface area contributed by atoms with Crippen LogP contribution in [0.2, 0.25) is 0 Å². The lowest BCUT2D eigenvalue weighted by molar-refractivity contribution is 0.0189. The number of fused-ring (bicyclic) bond motifs is 1. The number of carbonyl (C=O) groups excluding carboxylic acids is 1. The fraction of sp³-hybridized carbons (Fsp3) is 0.407. The van der Waals surface area contributed by atoms with E-state index in [-0.39, 0.29) is 35.5 Å². The molecular weight excluding hydrogens is 418 g/mol. The number of aromatic hydroxyl groups is 2. The molecule has 6 nitrogen and oxygen atoms in total. The van der Waals surface area contributed by atoms with E-state index in [2.05, 4.69) is 11.2 Å². The van der Waals surface area contributed by atoms with E-state index in [1.54, 1.807) is 0 Å². The molecule has 1 aliphatic rings. The number of hydrogen-bond donors (Lipinski definition) is 2. The molecule has 0 fully saturated rings. The predicted octanol–water partition coefficient (Wildman–Crippen LogP) is 6.01. The third-order valence-electron chi connectivity index (χ3n) is 5.27. The third-order valence-corrected chi connectivity index (χ3v) is 5.27. The fourth-order valence-electron chi connectivity index (χ4n) is 3.41. The lowest BCUT2D eigenvalue weighted by atomic mass is 9.98. The van der Waals surface area contributed by atoms with Crippen LogP contribution < -0.4 is 0 Å². The predicted molar refractivity (Wildman–Crippen MR) is 132 cm³/mol. The zero-order chi connectivity index (χ0) is 24.2. The quantitative estimate of drug-likeness (QED) is 0.247. The summed E-state index contributed by atoms with van der Waals surface area (Å²) in [6.45, 7) is 8.15. The number of phenolic OH excluding ortho intramolecular Hbond substituents is 2. The summed E-state index contributed by atoms with van der Waals surface area (Å²) in [4.78, 5) is 18.6. The summed E-state index contributed by atoms with van der Waals surface area (Å²) < 4.78 is 5.76. The smallest absolute Gasteiger partial charge is 0.342 e. The Hall–Kier alpha value is -3.28. The average Bonchev–Trinajstić information content (AvgIpc) is 2.75. The molecule has 1 heterocycles. The molecule has 6 heteroatoms. The van der Waals surface area contributed by atoms with Crippen molar-refractivity contribution in [3.63, 3.8) is 0 Å². The number of nitrogens with zero attached hydrogens (tertiary/aromatic N) is 1. The molecule has 0 radical (unpaired) electrons. The van der Waals surface area contributed by atoms with Crippen molar-refractivity contribution >= 4 is 11.7 Å². The number of phenols is 2. The molecular formula is C27H35NO5. The molecule has 178 valence electrons. The van der Waals surface area contributed by atoms with Crippen LogP contribution in [-0.4, -0.2) is 34.6 Å². The molecule has 2 rings (SSSR count). The SMILES string of the molecule is C/C=C\C(=C/C)CO/N=C1\C=C\CC/C=C/CC(C(C)C)OC(=O)c2c(O)cc(O)cc2C1. The third kappa shape index (κ3) is 8.29. The molecule has 0 saturated heterocycles. The van der Waals surface area contributed by atoms with Gasteiger partial charge in [0, 0.05) is 18.9 Å². The fourth-order valence-corrected chi connectivity index (χ4v) is 3.41. The van der Waals surface area contributed by atoms with E-state index in [1.807, 2.05) is 64.2 Å². The van der Waals surface area contributed by atoms with Gasteiger partial charge in [-0.15, -0.1) is 0 Å². The normalized spacial score (nSPS) is 21.5. The summed E-state index contributed by atoms with van der Waals surface area (Å²) in [6.07, 6.45) is 15.9. The van der Waals surface area contributed by atoms with Gasteiger partial charge in [-0.3, -0.25) is 0 Å². The lowest BCUT2D eigenvalue weighted by Crippen LogP contribution is -2.24. The molecule has 1 unspecified atom stereocenters. The van der Waals surface area contributed by atoms with Crippen molar-refractivity contribution in [2.45, 2.75) is 59.5 Å². The van der Waals surface area contributed by atoms with Crippen molar-refractivity contribution in [2.75, 3.05) is 6.61 Å². The van der Waals surface area contributed by atoms with Crippen molar-refractivity contribution in [1.82, 2.24) is 0 Å². The van der Waals surface area contributed by atoms with Crippen molar-refractivity contribution in [3.05, 3.63) is 71.4 Å². The van der Waals surface area contributed by atoms with E-state index in [4.69, 9.17) is 9.57 Å². The van der Waals surface area contributed by atoms with Gasteiger partial charge in [0.25, 0.3) is 0 Å². The summed E-state index contributed by atoms with van der Waals surface area (Å²) in [7, 11) is 0. The second-order valence-electron chi connectivity index (χ2n) is 8.27. The van der Waals surface area contributed by atoms with Crippen molar-refractivity contribution in [3.8, 4) is 11.5 Å². The van der Waals surface area contributed by atoms with Crippen LogP contribution >= 0.6 is 0 Å². The van der Waals surface area contributed by atoms with Gasteiger partial charge in [-0.05, 0) is 55.9 Å². The van der Waals surface area contributed by atoms with Crippen LogP contribution in [0.15, 0.2) is 65.4 Å². The van der Waals surface area contributed by atoms with Crippen molar-refractivity contribution in [2.24, 2.45) is 11.1 Å². The van der Waals surface area contributed by atoms with E-state index < -0.39 is 5.97 Å². The minimum atomic E-state index is -0.625. The molecule has 0 aromatic heterocycles. The maximum Gasteiger partial charge on any atom is 0.342 e. The summed E-state index contributed by atoms with van der Waals surface area (Å²) in [5.74, 6) is -0.983. The van der Waals surface area contributed by atoms with Crippen LogP contribution in [0.1, 0.15) is 62.9 Å². The van der Waals surface area contributed by atoms with Crippen LogP contribution in [0.25, 0.3) is 0 Å². The molecule has 1 atom stereocenters. The van der Waals surface area contributed by atoms with E-state index in [1.165, 1.54) is 6.07 Å². The Morgan fingerprint density at radius 1 is 1.21 bits per heavy atom. The Bertz CT molecular complexity index is 954. The first-order valence-electron chi connectivity index (χ1n) is 11.4. The molecule has 0 bridgehead atoms. The van der Waals surface area contributed by atoms with E-state index in [0.717, 1.165) is 24.5 Å². The Labute approximate surface area is 196 Å². The standard InChI is InChI=1S/C27H35NO5/c1-5-12-20(6-2)18-32-28-22-13-10-8-7-9-11-14-25(19(3)4)33-27(31)26-21(15-22)16-23(29)17-24(26)30/h5-6,9-13,16-17,19,25,29-30H,7-8,14-15,18H2,1-4H3/b11-9+,12-5-,13-10+,20-6+,28-22+. The molecule has 0 amide bonds. The highest BCUT2D eigenvalue weighted by molar-refractivity contribution is 6.00. The van der Waals surface area contributed by atoms with Crippen LogP contribution in [0.3, 0.4) is 0 Å². The van der Waals surface area contributed by atoms with Gasteiger partial charge in [-0.2, -0.15) is 0 Å². The molecule has 0 aliphatic carbocycles. The van der Waals surface area contributed by atoms with Gasteiger partial charge in [0.05, 0.1) is 5.71 Å². The second kappa shape index (κ2) is 13.3. The van der Waals surface area contributed by atoms with E-state index >= 15 is 0 Å². The van der Waals surface area contributed by atoms with Crippen molar-refractivity contribution in [1.29, 1.82) is 0 Å². The summed E-state index contributed by atoms with van der Waals surface area (Å²) in [6, 6.07) is 2.60. The topological polar surface area (TPSA) is 88.4 Å². The molecule has 1 aromatic rings. The first-order valence-corrected chi connectivity index (χ1v) is 11.4. The van der Waals surface area contributed by atoms with Gasteiger partial charge in [0.1, 0.15) is 29.8 Å². The Balaban J connectivity index is 2.43. The van der Waals surface area contributed by atoms with Gasteiger partial charge < -0.3 is 19.8 Å². The van der Waals surface area contributed by atoms with E-state index in [0.29, 0.717) is 24.3 Å². The number of allylic oxidation sites excluding steroid dienone is 5. The van der Waals surface area contributed by atoms with Crippen molar-refractivity contribution < 1.29 is 24.6 Å². The Morgan fingerprint density at radius 2 is 1.97 bits per heavy atom. The Morgan fingerprint density at radius 3 is 2.67 bits per heavy atom. The number of carbonyl (C=O) groups is 1. The maximum atomic E-state index is 13.1. The molecule has 33 heavy (non-hydrogen) atoms. The van der Waals surface area contributed by atoms with Gasteiger partial charge in [0.2, 0.25) is 0 Å². The number of esters is 1. The molecule has 2 N–H and O–H groups in total. The van der Waals surface area contributed by atoms with Crippen LogP contribution in [0.4, 0.5) is 0 Å². The minimum absolute atomic E-state index is 0.0312. The van der Waals surface area contributed by atoms with E-state index in [9.17, 15) is 15.0 Å². The average molecular weight is 454 g/mol. The van der Waals surface area contributed by atoms with Crippen LogP contribution in [0.5, 0.6) is 11.5 Å². The zero-order valence-electron chi connectivity index (χ0n) is 20.0. The number of hydrogen-bond acceptors (Lipinski definition) is 6. The zero-order valence-corrected chi connectivity index (χ0v) is 20.0. The molecule has 0 saturated carbocycles. The lowest BCUT2D eigenvalue weighted by Gasteiger charge is -2.21. The highest BCUT2D eigenvalue weighted by atomic mass is 16.6. The second-order valence-corrected chi connectivity index (χ2v) is 8.27. The van der Waals surface area contributed by atoms with Crippen LogP contribution in [0, 0.1) is 5.92 Å². The molecule has 0 spiro atoms.